The molecule has 1 aromatic rings. The molecule has 4 nitrogen and oxygen atoms in total. The minimum Gasteiger partial charge on any atom is -0.489 e. The van der Waals surface area contributed by atoms with Crippen LogP contribution in [0.5, 0.6) is 5.75 Å². The normalized spacial score (nSPS) is 20.0. The van der Waals surface area contributed by atoms with Crippen LogP contribution in [-0.4, -0.2) is 17.8 Å². The number of allylic oxidation sites excluding steroid dienone is 1. The van der Waals surface area contributed by atoms with Crippen LogP contribution in [0.2, 0.25) is 0 Å². The summed E-state index contributed by atoms with van der Waals surface area (Å²) in [7, 11) is 0. The van der Waals surface area contributed by atoms with Crippen LogP contribution in [0.25, 0.3) is 0 Å². The third kappa shape index (κ3) is 3.75. The van der Waals surface area contributed by atoms with E-state index in [-0.39, 0.29) is 23.7 Å². The molecule has 1 aliphatic rings. The van der Waals surface area contributed by atoms with Gasteiger partial charge in [0, 0.05) is 12.1 Å². The molecule has 0 radical (unpaired) electrons. The van der Waals surface area contributed by atoms with Gasteiger partial charge in [0.15, 0.2) is 5.78 Å². The number of benzene rings is 1. The van der Waals surface area contributed by atoms with Gasteiger partial charge in [-0.1, -0.05) is 32.1 Å². The lowest BCUT2D eigenvalue weighted by molar-refractivity contribution is -0.120. The average Bonchev–Trinajstić information content (AvgIpc) is 2.46. The van der Waals surface area contributed by atoms with Gasteiger partial charge < -0.3 is 10.1 Å². The van der Waals surface area contributed by atoms with Gasteiger partial charge >= 0.3 is 0 Å². The van der Waals surface area contributed by atoms with Crippen molar-refractivity contribution in [1.82, 2.24) is 5.32 Å². The lowest BCUT2D eigenvalue weighted by Gasteiger charge is -2.32. The standard InChI is InChI=1S/C18H23NO3/c1-4-7-15-14(10-11-17(20)19-12(2)3)18(21)13-8-5-6-9-16(13)22-15/h5-6,8-9,14-15H,2,4,7,10-11H2,1,3H3,(H,19,20). The summed E-state index contributed by atoms with van der Waals surface area (Å²) in [5.74, 6) is 0.386. The van der Waals surface area contributed by atoms with E-state index in [4.69, 9.17) is 4.74 Å². The molecular formula is C18H23NO3. The van der Waals surface area contributed by atoms with Gasteiger partial charge in [0.25, 0.3) is 0 Å². The monoisotopic (exact) mass is 301 g/mol. The van der Waals surface area contributed by atoms with Gasteiger partial charge in [0.1, 0.15) is 11.9 Å². The Hall–Kier alpha value is -2.10. The van der Waals surface area contributed by atoms with Crippen LogP contribution >= 0.6 is 0 Å². The quantitative estimate of drug-likeness (QED) is 0.875. The van der Waals surface area contributed by atoms with Crippen LogP contribution < -0.4 is 10.1 Å². The summed E-state index contributed by atoms with van der Waals surface area (Å²) < 4.78 is 6.00. The Bertz CT molecular complexity index is 579. The number of ether oxygens (including phenoxy) is 1. The van der Waals surface area contributed by atoms with Crippen molar-refractivity contribution in [2.24, 2.45) is 5.92 Å². The SMILES string of the molecule is C=C(C)NC(=O)CCC1C(=O)c2ccccc2OC1CCC. The lowest BCUT2D eigenvalue weighted by Crippen LogP contribution is -2.38. The van der Waals surface area contributed by atoms with Gasteiger partial charge in [-0.05, 0) is 31.9 Å². The Morgan fingerprint density at radius 1 is 1.32 bits per heavy atom. The van der Waals surface area contributed by atoms with Crippen LogP contribution in [0.15, 0.2) is 36.5 Å². The second-order valence-corrected chi connectivity index (χ2v) is 5.78. The number of ketones is 1. The fraction of sp³-hybridized carbons (Fsp3) is 0.444. The molecule has 2 rings (SSSR count). The molecule has 22 heavy (non-hydrogen) atoms. The van der Waals surface area contributed by atoms with Crippen molar-refractivity contribution in [1.29, 1.82) is 0 Å². The molecule has 0 saturated carbocycles. The second kappa shape index (κ2) is 7.25. The van der Waals surface area contributed by atoms with E-state index in [1.54, 1.807) is 13.0 Å². The third-order valence-electron chi connectivity index (χ3n) is 3.82. The molecule has 0 spiro atoms. The summed E-state index contributed by atoms with van der Waals surface area (Å²) >= 11 is 0. The summed E-state index contributed by atoms with van der Waals surface area (Å²) in [6, 6.07) is 7.33. The predicted octanol–water partition coefficient (Wildman–Crippen LogP) is 3.48. The van der Waals surface area contributed by atoms with E-state index in [1.807, 2.05) is 18.2 Å². The number of carbonyl (C=O) groups is 2. The van der Waals surface area contributed by atoms with E-state index in [9.17, 15) is 9.59 Å². The molecule has 118 valence electrons. The maximum Gasteiger partial charge on any atom is 0.224 e. The van der Waals surface area contributed by atoms with Gasteiger partial charge in [-0.25, -0.2) is 0 Å². The molecule has 1 aromatic carbocycles. The molecule has 1 aliphatic heterocycles. The summed E-state index contributed by atoms with van der Waals surface area (Å²) in [5.41, 5.74) is 1.24. The highest BCUT2D eigenvalue weighted by Gasteiger charge is 2.36. The number of Topliss-reactive ketones (excluding diaryl/α,β-unsaturated/α-hetero) is 1. The third-order valence-corrected chi connectivity index (χ3v) is 3.82. The maximum atomic E-state index is 12.7. The van der Waals surface area contributed by atoms with Crippen molar-refractivity contribution in [2.45, 2.75) is 45.6 Å². The fourth-order valence-corrected chi connectivity index (χ4v) is 2.84. The average molecular weight is 301 g/mol. The molecule has 0 saturated heterocycles. The number of carbonyl (C=O) groups excluding carboxylic acids is 2. The smallest absolute Gasteiger partial charge is 0.224 e. The van der Waals surface area contributed by atoms with E-state index in [0.29, 0.717) is 29.9 Å². The number of nitrogens with one attached hydrogen (secondary N) is 1. The molecule has 2 atom stereocenters. The number of para-hydroxylation sites is 1. The van der Waals surface area contributed by atoms with Gasteiger partial charge in [-0.3, -0.25) is 9.59 Å². The molecule has 1 N–H and O–H groups in total. The minimum absolute atomic E-state index is 0.0865. The predicted molar refractivity (Wildman–Crippen MR) is 85.8 cm³/mol. The van der Waals surface area contributed by atoms with Crippen molar-refractivity contribution in [3.05, 3.63) is 42.1 Å². The van der Waals surface area contributed by atoms with Crippen molar-refractivity contribution in [3.8, 4) is 5.75 Å². The highest BCUT2D eigenvalue weighted by atomic mass is 16.5. The summed E-state index contributed by atoms with van der Waals surface area (Å²) in [6.45, 7) is 7.46. The zero-order chi connectivity index (χ0) is 16.1. The van der Waals surface area contributed by atoms with Gasteiger partial charge in [-0.15, -0.1) is 0 Å². The van der Waals surface area contributed by atoms with Crippen LogP contribution in [0.1, 0.15) is 49.9 Å². The Morgan fingerprint density at radius 2 is 2.05 bits per heavy atom. The highest BCUT2D eigenvalue weighted by molar-refractivity contribution is 6.01. The Morgan fingerprint density at radius 3 is 2.73 bits per heavy atom. The Kier molecular flexibility index (Phi) is 5.36. The molecule has 1 heterocycles. The zero-order valence-corrected chi connectivity index (χ0v) is 13.2. The summed E-state index contributed by atoms with van der Waals surface area (Å²) in [5, 5.41) is 2.68. The Labute approximate surface area is 131 Å². The molecule has 0 fully saturated rings. The van der Waals surface area contributed by atoms with Crippen molar-refractivity contribution in [2.75, 3.05) is 0 Å². The van der Waals surface area contributed by atoms with Crippen molar-refractivity contribution >= 4 is 11.7 Å². The second-order valence-electron chi connectivity index (χ2n) is 5.78. The molecule has 0 aromatic heterocycles. The van der Waals surface area contributed by atoms with Crippen LogP contribution in [0, 0.1) is 5.92 Å². The maximum absolute atomic E-state index is 12.7. The number of fused-ring (bicyclic) bond motifs is 1. The zero-order valence-electron chi connectivity index (χ0n) is 13.2. The van der Waals surface area contributed by atoms with E-state index in [1.165, 1.54) is 0 Å². The van der Waals surface area contributed by atoms with Gasteiger partial charge in [-0.2, -0.15) is 0 Å². The van der Waals surface area contributed by atoms with E-state index >= 15 is 0 Å². The first-order chi connectivity index (χ1) is 10.5. The molecule has 0 aliphatic carbocycles. The number of hydrogen-bond acceptors (Lipinski definition) is 3. The Balaban J connectivity index is 2.11. The first kappa shape index (κ1) is 16.3. The molecule has 4 heteroatoms. The molecule has 1 amide bonds. The lowest BCUT2D eigenvalue weighted by atomic mass is 9.84. The highest BCUT2D eigenvalue weighted by Crippen LogP contribution is 2.34. The van der Waals surface area contributed by atoms with Crippen LogP contribution in [0.3, 0.4) is 0 Å². The fourth-order valence-electron chi connectivity index (χ4n) is 2.84. The molecule has 2 unspecified atom stereocenters. The van der Waals surface area contributed by atoms with Gasteiger partial charge in [0.05, 0.1) is 11.5 Å². The number of hydrogen-bond donors (Lipinski definition) is 1. The summed E-state index contributed by atoms with van der Waals surface area (Å²) in [4.78, 5) is 24.5. The molecular weight excluding hydrogens is 278 g/mol. The minimum atomic E-state index is -0.259. The van der Waals surface area contributed by atoms with E-state index in [0.717, 1.165) is 12.8 Å². The number of rotatable bonds is 6. The first-order valence-electron chi connectivity index (χ1n) is 7.78. The van der Waals surface area contributed by atoms with Gasteiger partial charge in [0.2, 0.25) is 5.91 Å². The van der Waals surface area contributed by atoms with Crippen LogP contribution in [-0.2, 0) is 4.79 Å². The summed E-state index contributed by atoms with van der Waals surface area (Å²) in [6.07, 6.45) is 2.40. The number of amides is 1. The van der Waals surface area contributed by atoms with E-state index < -0.39 is 0 Å². The van der Waals surface area contributed by atoms with E-state index in [2.05, 4.69) is 18.8 Å². The van der Waals surface area contributed by atoms with Crippen molar-refractivity contribution in [3.63, 3.8) is 0 Å². The molecule has 0 bridgehead atoms. The first-order valence-corrected chi connectivity index (χ1v) is 7.78. The van der Waals surface area contributed by atoms with Crippen molar-refractivity contribution < 1.29 is 14.3 Å². The topological polar surface area (TPSA) is 55.4 Å². The van der Waals surface area contributed by atoms with Crippen LogP contribution in [0.4, 0.5) is 0 Å². The largest absolute Gasteiger partial charge is 0.489 e.